The fourth-order valence-electron chi connectivity index (χ4n) is 2.68. The Kier molecular flexibility index (Phi) is 5.08. The molecule has 1 unspecified atom stereocenters. The average Bonchev–Trinajstić information content (AvgIpc) is 2.96. The molecule has 2 aromatic heterocycles. The molecule has 1 aromatic carbocycles. The molecule has 0 fully saturated rings. The standard InChI is InChI=1S/C19H23N3O2S/c1-11(2)24-16-7-6-14(9-17(16)23-5)13(4)22-18-15-8-12(3)25-19(15)21-10-20-18/h6-11,13H,1-5H3,(H,20,21,22). The number of rotatable bonds is 6. The van der Waals surface area contributed by atoms with Gasteiger partial charge in [0.05, 0.1) is 24.6 Å². The van der Waals surface area contributed by atoms with Crippen molar-refractivity contribution in [3.8, 4) is 11.5 Å². The van der Waals surface area contributed by atoms with Crippen LogP contribution in [0.25, 0.3) is 10.2 Å². The van der Waals surface area contributed by atoms with E-state index in [4.69, 9.17) is 9.47 Å². The van der Waals surface area contributed by atoms with E-state index in [-0.39, 0.29) is 12.1 Å². The molecule has 2 heterocycles. The van der Waals surface area contributed by atoms with Gasteiger partial charge in [-0.3, -0.25) is 0 Å². The molecule has 3 aromatic rings. The van der Waals surface area contributed by atoms with Gasteiger partial charge >= 0.3 is 0 Å². The van der Waals surface area contributed by atoms with E-state index in [2.05, 4.69) is 41.3 Å². The summed E-state index contributed by atoms with van der Waals surface area (Å²) in [6, 6.07) is 8.20. The van der Waals surface area contributed by atoms with Crippen LogP contribution in [0.15, 0.2) is 30.6 Å². The summed E-state index contributed by atoms with van der Waals surface area (Å²) >= 11 is 1.68. The number of hydrogen-bond acceptors (Lipinski definition) is 6. The highest BCUT2D eigenvalue weighted by Crippen LogP contribution is 2.33. The molecule has 25 heavy (non-hydrogen) atoms. The summed E-state index contributed by atoms with van der Waals surface area (Å²) in [6.45, 7) is 8.18. The van der Waals surface area contributed by atoms with Gasteiger partial charge in [0.2, 0.25) is 0 Å². The van der Waals surface area contributed by atoms with Crippen LogP contribution in [-0.2, 0) is 0 Å². The topological polar surface area (TPSA) is 56.3 Å². The number of nitrogens with zero attached hydrogens (tertiary/aromatic N) is 2. The Morgan fingerprint density at radius 2 is 1.88 bits per heavy atom. The van der Waals surface area contributed by atoms with Crippen molar-refractivity contribution in [3.05, 3.63) is 41.0 Å². The maximum atomic E-state index is 5.79. The molecule has 0 amide bonds. The third kappa shape index (κ3) is 3.85. The molecule has 132 valence electrons. The number of benzene rings is 1. The molecule has 1 atom stereocenters. The number of thiophene rings is 1. The predicted molar refractivity (Wildman–Crippen MR) is 103 cm³/mol. The van der Waals surface area contributed by atoms with Crippen LogP contribution in [0.2, 0.25) is 0 Å². The fourth-order valence-corrected chi connectivity index (χ4v) is 3.53. The third-order valence-corrected chi connectivity index (χ3v) is 4.81. The minimum atomic E-state index is 0.0697. The van der Waals surface area contributed by atoms with Gasteiger partial charge in [0.25, 0.3) is 0 Å². The lowest BCUT2D eigenvalue weighted by atomic mass is 10.1. The first-order valence-corrected chi connectivity index (χ1v) is 9.12. The Labute approximate surface area is 152 Å². The lowest BCUT2D eigenvalue weighted by Crippen LogP contribution is -2.10. The second-order valence-electron chi connectivity index (χ2n) is 6.24. The van der Waals surface area contributed by atoms with Gasteiger partial charge in [-0.05, 0) is 51.5 Å². The molecule has 6 heteroatoms. The summed E-state index contributed by atoms with van der Waals surface area (Å²) in [5.41, 5.74) is 1.10. The summed E-state index contributed by atoms with van der Waals surface area (Å²) in [5, 5.41) is 4.54. The van der Waals surface area contributed by atoms with E-state index in [0.29, 0.717) is 0 Å². The predicted octanol–water partition coefficient (Wildman–Crippen LogP) is 4.97. The molecular weight excluding hydrogens is 334 g/mol. The Morgan fingerprint density at radius 1 is 1.08 bits per heavy atom. The number of ether oxygens (including phenoxy) is 2. The van der Waals surface area contributed by atoms with E-state index in [0.717, 1.165) is 33.1 Å². The van der Waals surface area contributed by atoms with E-state index in [1.54, 1.807) is 24.8 Å². The van der Waals surface area contributed by atoms with Crippen molar-refractivity contribution in [1.29, 1.82) is 0 Å². The number of fused-ring (bicyclic) bond motifs is 1. The molecule has 0 aliphatic carbocycles. The summed E-state index contributed by atoms with van der Waals surface area (Å²) in [6.07, 6.45) is 1.71. The minimum Gasteiger partial charge on any atom is -0.493 e. The maximum Gasteiger partial charge on any atom is 0.161 e. The van der Waals surface area contributed by atoms with Gasteiger partial charge in [0.1, 0.15) is 17.0 Å². The number of anilines is 1. The van der Waals surface area contributed by atoms with E-state index in [1.165, 1.54) is 4.88 Å². The highest BCUT2D eigenvalue weighted by atomic mass is 32.1. The molecule has 3 rings (SSSR count). The molecule has 0 bridgehead atoms. The second kappa shape index (κ2) is 7.27. The monoisotopic (exact) mass is 357 g/mol. The molecular formula is C19H23N3O2S. The first kappa shape index (κ1) is 17.5. The number of nitrogens with one attached hydrogen (secondary N) is 1. The van der Waals surface area contributed by atoms with E-state index in [9.17, 15) is 0 Å². The van der Waals surface area contributed by atoms with Crippen molar-refractivity contribution < 1.29 is 9.47 Å². The SMILES string of the molecule is COc1cc(C(C)Nc2ncnc3sc(C)cc23)ccc1OC(C)C. The largest absolute Gasteiger partial charge is 0.493 e. The lowest BCUT2D eigenvalue weighted by molar-refractivity contribution is 0.230. The molecule has 0 aliphatic rings. The Morgan fingerprint density at radius 3 is 2.60 bits per heavy atom. The molecule has 0 saturated heterocycles. The molecule has 0 radical (unpaired) electrons. The number of aryl methyl sites for hydroxylation is 1. The van der Waals surface area contributed by atoms with Crippen LogP contribution >= 0.6 is 11.3 Å². The van der Waals surface area contributed by atoms with Gasteiger partial charge < -0.3 is 14.8 Å². The minimum absolute atomic E-state index is 0.0697. The zero-order chi connectivity index (χ0) is 18.0. The van der Waals surface area contributed by atoms with Crippen molar-refractivity contribution >= 4 is 27.4 Å². The van der Waals surface area contributed by atoms with Crippen molar-refractivity contribution in [1.82, 2.24) is 9.97 Å². The van der Waals surface area contributed by atoms with Crippen LogP contribution in [-0.4, -0.2) is 23.2 Å². The number of methoxy groups -OCH3 is 1. The Bertz CT molecular complexity index is 876. The van der Waals surface area contributed by atoms with Crippen LogP contribution in [0.5, 0.6) is 11.5 Å². The van der Waals surface area contributed by atoms with Crippen LogP contribution in [0, 0.1) is 6.92 Å². The van der Waals surface area contributed by atoms with Gasteiger partial charge in [-0.1, -0.05) is 6.07 Å². The molecule has 1 N–H and O–H groups in total. The highest BCUT2D eigenvalue weighted by Gasteiger charge is 2.14. The second-order valence-corrected chi connectivity index (χ2v) is 7.48. The molecule has 0 spiro atoms. The first-order valence-electron chi connectivity index (χ1n) is 8.30. The molecule has 0 saturated carbocycles. The molecule has 0 aliphatic heterocycles. The number of hydrogen-bond donors (Lipinski definition) is 1. The highest BCUT2D eigenvalue weighted by molar-refractivity contribution is 7.18. The van der Waals surface area contributed by atoms with E-state index >= 15 is 0 Å². The van der Waals surface area contributed by atoms with E-state index in [1.807, 2.05) is 26.0 Å². The van der Waals surface area contributed by atoms with Gasteiger partial charge in [0, 0.05) is 4.88 Å². The normalized spacial score (nSPS) is 12.4. The number of aromatic nitrogens is 2. The average molecular weight is 357 g/mol. The van der Waals surface area contributed by atoms with Gasteiger partial charge in [-0.15, -0.1) is 11.3 Å². The van der Waals surface area contributed by atoms with Crippen LogP contribution in [0.1, 0.15) is 37.3 Å². The first-order chi connectivity index (χ1) is 12.0. The van der Waals surface area contributed by atoms with Gasteiger partial charge in [0.15, 0.2) is 11.5 Å². The summed E-state index contributed by atoms with van der Waals surface area (Å²) in [4.78, 5) is 11.0. The zero-order valence-electron chi connectivity index (χ0n) is 15.2. The third-order valence-electron chi connectivity index (χ3n) is 3.86. The van der Waals surface area contributed by atoms with Crippen molar-refractivity contribution in [2.24, 2.45) is 0 Å². The van der Waals surface area contributed by atoms with Gasteiger partial charge in [-0.2, -0.15) is 0 Å². The van der Waals surface area contributed by atoms with Gasteiger partial charge in [-0.25, -0.2) is 9.97 Å². The fraction of sp³-hybridized carbons (Fsp3) is 0.368. The van der Waals surface area contributed by atoms with E-state index < -0.39 is 0 Å². The lowest BCUT2D eigenvalue weighted by Gasteiger charge is -2.19. The molecule has 5 nitrogen and oxygen atoms in total. The smallest absolute Gasteiger partial charge is 0.161 e. The summed E-state index contributed by atoms with van der Waals surface area (Å²) in [5.74, 6) is 2.34. The van der Waals surface area contributed by atoms with Crippen LogP contribution in [0.4, 0.5) is 5.82 Å². The van der Waals surface area contributed by atoms with Crippen molar-refractivity contribution in [3.63, 3.8) is 0 Å². The van der Waals surface area contributed by atoms with Crippen LogP contribution in [0.3, 0.4) is 0 Å². The quantitative estimate of drug-likeness (QED) is 0.675. The summed E-state index contributed by atoms with van der Waals surface area (Å²) < 4.78 is 11.3. The Hall–Kier alpha value is -2.34. The Balaban J connectivity index is 1.86. The zero-order valence-corrected chi connectivity index (χ0v) is 16.0. The van der Waals surface area contributed by atoms with Crippen molar-refractivity contribution in [2.45, 2.75) is 39.8 Å². The summed E-state index contributed by atoms with van der Waals surface area (Å²) in [7, 11) is 1.66. The van der Waals surface area contributed by atoms with Crippen molar-refractivity contribution in [2.75, 3.05) is 12.4 Å². The van der Waals surface area contributed by atoms with Crippen LogP contribution < -0.4 is 14.8 Å². The maximum absolute atomic E-state index is 5.79.